The molecule has 1 aliphatic rings. The molecule has 1 amide bonds. The SMILES string of the molecule is CC/C=C/C(=O)O[C@@H](C)C(=O)Nc1sc2c(c1C#N)CCCCC2. The van der Waals surface area contributed by atoms with Crippen molar-refractivity contribution >= 4 is 28.2 Å². The Balaban J connectivity index is 2.07. The lowest BCUT2D eigenvalue weighted by Gasteiger charge is -2.11. The second-order valence-corrected chi connectivity index (χ2v) is 6.86. The maximum atomic E-state index is 12.3. The number of anilines is 1. The van der Waals surface area contributed by atoms with E-state index in [1.807, 2.05) is 6.92 Å². The molecule has 0 unspecified atom stereocenters. The van der Waals surface area contributed by atoms with Gasteiger partial charge in [-0.25, -0.2) is 4.79 Å². The van der Waals surface area contributed by atoms with Crippen LogP contribution in [0.15, 0.2) is 12.2 Å². The summed E-state index contributed by atoms with van der Waals surface area (Å²) < 4.78 is 5.07. The Kier molecular flexibility index (Phi) is 6.56. The summed E-state index contributed by atoms with van der Waals surface area (Å²) >= 11 is 1.47. The third kappa shape index (κ3) is 4.45. The van der Waals surface area contributed by atoms with Crippen LogP contribution >= 0.6 is 11.3 Å². The molecular formula is C18H22N2O3S. The van der Waals surface area contributed by atoms with Gasteiger partial charge < -0.3 is 10.1 Å². The van der Waals surface area contributed by atoms with E-state index < -0.39 is 18.0 Å². The summed E-state index contributed by atoms with van der Waals surface area (Å²) in [7, 11) is 0. The molecule has 1 aromatic heterocycles. The van der Waals surface area contributed by atoms with E-state index >= 15 is 0 Å². The van der Waals surface area contributed by atoms with Crippen LogP contribution in [0, 0.1) is 11.3 Å². The third-order valence-corrected chi connectivity index (χ3v) is 5.13. The molecule has 1 heterocycles. The van der Waals surface area contributed by atoms with Gasteiger partial charge in [-0.05, 0) is 44.6 Å². The van der Waals surface area contributed by atoms with E-state index in [1.165, 1.54) is 35.6 Å². The zero-order valence-corrected chi connectivity index (χ0v) is 14.9. The van der Waals surface area contributed by atoms with Crippen LogP contribution in [0.5, 0.6) is 0 Å². The summed E-state index contributed by atoms with van der Waals surface area (Å²) in [6, 6.07) is 2.22. The average Bonchev–Trinajstić information content (AvgIpc) is 2.72. The minimum atomic E-state index is -0.910. The highest BCUT2D eigenvalue weighted by Crippen LogP contribution is 2.37. The lowest BCUT2D eigenvalue weighted by Crippen LogP contribution is -2.29. The number of hydrogen-bond acceptors (Lipinski definition) is 5. The molecule has 0 radical (unpaired) electrons. The van der Waals surface area contributed by atoms with Crippen LogP contribution in [0.25, 0.3) is 0 Å². The molecule has 0 aliphatic heterocycles. The highest BCUT2D eigenvalue weighted by Gasteiger charge is 2.23. The van der Waals surface area contributed by atoms with E-state index in [0.717, 1.165) is 37.7 Å². The molecule has 0 bridgehead atoms. The summed E-state index contributed by atoms with van der Waals surface area (Å²) in [5.41, 5.74) is 1.64. The van der Waals surface area contributed by atoms with Crippen molar-refractivity contribution in [1.82, 2.24) is 0 Å². The number of esters is 1. The van der Waals surface area contributed by atoms with Gasteiger partial charge in [-0.1, -0.05) is 19.4 Å². The molecule has 1 N–H and O–H groups in total. The van der Waals surface area contributed by atoms with Gasteiger partial charge in [0, 0.05) is 11.0 Å². The fourth-order valence-electron chi connectivity index (χ4n) is 2.64. The first kappa shape index (κ1) is 18.2. The minimum Gasteiger partial charge on any atom is -0.449 e. The maximum Gasteiger partial charge on any atom is 0.331 e. The molecule has 128 valence electrons. The molecule has 0 fully saturated rings. The van der Waals surface area contributed by atoms with Gasteiger partial charge in [-0.2, -0.15) is 5.26 Å². The zero-order chi connectivity index (χ0) is 17.5. The number of amides is 1. The van der Waals surface area contributed by atoms with Crippen molar-refractivity contribution in [3.63, 3.8) is 0 Å². The van der Waals surface area contributed by atoms with Gasteiger partial charge in [0.2, 0.25) is 0 Å². The summed E-state index contributed by atoms with van der Waals surface area (Å²) in [5, 5.41) is 12.8. The van der Waals surface area contributed by atoms with Crippen molar-refractivity contribution < 1.29 is 14.3 Å². The molecule has 6 heteroatoms. The largest absolute Gasteiger partial charge is 0.449 e. The van der Waals surface area contributed by atoms with Crippen LogP contribution in [-0.4, -0.2) is 18.0 Å². The summed E-state index contributed by atoms with van der Waals surface area (Å²) in [6.45, 7) is 3.43. The Labute approximate surface area is 146 Å². The second-order valence-electron chi connectivity index (χ2n) is 5.76. The second kappa shape index (κ2) is 8.65. The number of nitrogens with zero attached hydrogens (tertiary/aromatic N) is 1. The Morgan fingerprint density at radius 2 is 2.12 bits per heavy atom. The van der Waals surface area contributed by atoms with E-state index in [4.69, 9.17) is 4.74 Å². The molecule has 2 rings (SSSR count). The van der Waals surface area contributed by atoms with Gasteiger partial charge in [-0.15, -0.1) is 11.3 Å². The van der Waals surface area contributed by atoms with E-state index in [9.17, 15) is 14.9 Å². The number of carbonyl (C=O) groups is 2. The molecule has 0 saturated carbocycles. The van der Waals surface area contributed by atoms with Crippen molar-refractivity contribution in [2.75, 3.05) is 5.32 Å². The van der Waals surface area contributed by atoms with Crippen molar-refractivity contribution in [2.24, 2.45) is 0 Å². The van der Waals surface area contributed by atoms with Crippen molar-refractivity contribution in [1.29, 1.82) is 5.26 Å². The molecular weight excluding hydrogens is 324 g/mol. The Bertz CT molecular complexity index is 685. The van der Waals surface area contributed by atoms with E-state index in [1.54, 1.807) is 6.08 Å². The van der Waals surface area contributed by atoms with Crippen molar-refractivity contribution in [3.8, 4) is 6.07 Å². The number of ether oxygens (including phenoxy) is 1. The predicted octanol–water partition coefficient (Wildman–Crippen LogP) is 3.73. The number of hydrogen-bond donors (Lipinski definition) is 1. The van der Waals surface area contributed by atoms with Crippen LogP contribution in [-0.2, 0) is 27.2 Å². The minimum absolute atomic E-state index is 0.416. The van der Waals surface area contributed by atoms with Crippen LogP contribution in [0.1, 0.15) is 55.5 Å². The van der Waals surface area contributed by atoms with Crippen LogP contribution in [0.3, 0.4) is 0 Å². The number of fused-ring (bicyclic) bond motifs is 1. The Morgan fingerprint density at radius 1 is 1.38 bits per heavy atom. The number of nitriles is 1. The third-order valence-electron chi connectivity index (χ3n) is 3.92. The van der Waals surface area contributed by atoms with Gasteiger partial charge >= 0.3 is 5.97 Å². The number of aryl methyl sites for hydroxylation is 1. The number of nitrogens with one attached hydrogen (secondary N) is 1. The quantitative estimate of drug-likeness (QED) is 0.500. The van der Waals surface area contributed by atoms with E-state index in [-0.39, 0.29) is 0 Å². The van der Waals surface area contributed by atoms with E-state index in [2.05, 4.69) is 11.4 Å². The summed E-state index contributed by atoms with van der Waals surface area (Å²) in [6.07, 6.45) is 8.01. The molecule has 0 saturated heterocycles. The molecule has 0 spiro atoms. The van der Waals surface area contributed by atoms with Crippen LogP contribution in [0.2, 0.25) is 0 Å². The van der Waals surface area contributed by atoms with Gasteiger partial charge in [0.25, 0.3) is 5.91 Å². The first-order valence-electron chi connectivity index (χ1n) is 8.29. The van der Waals surface area contributed by atoms with Gasteiger partial charge in [0.15, 0.2) is 6.10 Å². The smallest absolute Gasteiger partial charge is 0.331 e. The molecule has 24 heavy (non-hydrogen) atoms. The van der Waals surface area contributed by atoms with Gasteiger partial charge in [-0.3, -0.25) is 4.79 Å². The van der Waals surface area contributed by atoms with Crippen molar-refractivity contribution in [3.05, 3.63) is 28.2 Å². The standard InChI is InChI=1S/C18H22N2O3S/c1-3-4-10-16(21)23-12(2)17(22)20-18-14(11-19)13-8-6-5-7-9-15(13)24-18/h4,10,12H,3,5-9H2,1-2H3,(H,20,22)/b10-4+/t12-/m0/s1. The Hall–Kier alpha value is -2.13. The van der Waals surface area contributed by atoms with Crippen molar-refractivity contribution in [2.45, 2.75) is 58.5 Å². The molecule has 1 aromatic rings. The van der Waals surface area contributed by atoms with E-state index in [0.29, 0.717) is 10.6 Å². The first-order valence-corrected chi connectivity index (χ1v) is 9.11. The van der Waals surface area contributed by atoms with Crippen LogP contribution in [0.4, 0.5) is 5.00 Å². The number of rotatable bonds is 5. The molecule has 1 aliphatic carbocycles. The maximum absolute atomic E-state index is 12.3. The molecule has 1 atom stereocenters. The lowest BCUT2D eigenvalue weighted by molar-refractivity contribution is -0.148. The fourth-order valence-corrected chi connectivity index (χ4v) is 3.89. The fraction of sp³-hybridized carbons (Fsp3) is 0.500. The average molecular weight is 346 g/mol. The zero-order valence-electron chi connectivity index (χ0n) is 14.1. The highest BCUT2D eigenvalue weighted by molar-refractivity contribution is 7.16. The molecule has 0 aromatic carbocycles. The number of carbonyl (C=O) groups excluding carboxylic acids is 2. The summed E-state index contributed by atoms with van der Waals surface area (Å²) in [5.74, 6) is -0.955. The predicted molar refractivity (Wildman–Crippen MR) is 93.9 cm³/mol. The topological polar surface area (TPSA) is 79.2 Å². The lowest BCUT2D eigenvalue weighted by atomic mass is 10.1. The van der Waals surface area contributed by atoms with Gasteiger partial charge in [0.1, 0.15) is 11.1 Å². The molecule has 5 nitrogen and oxygen atoms in total. The number of thiophene rings is 1. The number of allylic oxidation sites excluding steroid dienone is 1. The summed E-state index contributed by atoms with van der Waals surface area (Å²) in [4.78, 5) is 25.0. The Morgan fingerprint density at radius 3 is 2.83 bits per heavy atom. The van der Waals surface area contributed by atoms with Gasteiger partial charge in [0.05, 0.1) is 5.56 Å². The van der Waals surface area contributed by atoms with Crippen LogP contribution < -0.4 is 5.32 Å². The first-order chi connectivity index (χ1) is 11.6. The highest BCUT2D eigenvalue weighted by atomic mass is 32.1. The normalized spacial score (nSPS) is 15.2. The monoisotopic (exact) mass is 346 g/mol.